The van der Waals surface area contributed by atoms with Crippen LogP contribution in [-0.4, -0.2) is 30.1 Å². The van der Waals surface area contributed by atoms with E-state index in [2.05, 4.69) is 11.3 Å². The molecule has 2 rings (SSSR count). The maximum Gasteiger partial charge on any atom is 0.417 e. The number of hydrogen-bond acceptors (Lipinski definition) is 3. The Kier molecular flexibility index (Phi) is 3.52. The van der Waals surface area contributed by atoms with E-state index in [0.717, 1.165) is 17.0 Å². The van der Waals surface area contributed by atoms with E-state index in [0.29, 0.717) is 0 Å². The fourth-order valence-corrected chi connectivity index (χ4v) is 1.85. The van der Waals surface area contributed by atoms with Gasteiger partial charge in [-0.3, -0.25) is 4.79 Å². The zero-order chi connectivity index (χ0) is 14.9. The van der Waals surface area contributed by atoms with E-state index in [1.54, 1.807) is 0 Å². The first kappa shape index (κ1) is 14.1. The van der Waals surface area contributed by atoms with Gasteiger partial charge in [-0.05, 0) is 11.6 Å². The molecule has 1 aliphatic heterocycles. The Balaban J connectivity index is 2.35. The number of nitrogens with zero attached hydrogens (tertiary/aromatic N) is 1. The summed E-state index contributed by atoms with van der Waals surface area (Å²) in [5.74, 6) is -0.885. The molecule has 1 fully saturated rings. The first-order chi connectivity index (χ1) is 9.32. The Hall–Kier alpha value is -2.31. The Morgan fingerprint density at radius 1 is 1.30 bits per heavy atom. The molecule has 0 aromatic heterocycles. The molecule has 2 amide bonds. The lowest BCUT2D eigenvalue weighted by Crippen LogP contribution is -2.32. The van der Waals surface area contributed by atoms with Crippen molar-refractivity contribution in [2.24, 2.45) is 0 Å². The summed E-state index contributed by atoms with van der Waals surface area (Å²) in [6, 6.07) is 4.58. The van der Waals surface area contributed by atoms with Crippen LogP contribution in [0.3, 0.4) is 0 Å². The number of carbonyl (C=O) groups is 2. The summed E-state index contributed by atoms with van der Waals surface area (Å²) in [5, 5.41) is 0. The van der Waals surface area contributed by atoms with Gasteiger partial charge in [-0.2, -0.15) is 13.2 Å². The summed E-state index contributed by atoms with van der Waals surface area (Å²) in [6.07, 6.45) is -5.48. The van der Waals surface area contributed by atoms with Crippen molar-refractivity contribution in [2.45, 2.75) is 6.18 Å². The predicted octanol–water partition coefficient (Wildman–Crippen LogP) is 2.70. The van der Waals surface area contributed by atoms with Gasteiger partial charge < -0.3 is 4.74 Å². The minimum absolute atomic E-state index is 0.00483. The maximum atomic E-state index is 12.9. The molecule has 0 unspecified atom stereocenters. The first-order valence-electron chi connectivity index (χ1n) is 5.66. The largest absolute Gasteiger partial charge is 0.447 e. The molecular weight excluding hydrogens is 275 g/mol. The van der Waals surface area contributed by atoms with E-state index in [-0.39, 0.29) is 18.7 Å². The molecule has 1 saturated heterocycles. The van der Waals surface area contributed by atoms with Gasteiger partial charge in [0.25, 0.3) is 5.91 Å². The molecule has 20 heavy (non-hydrogen) atoms. The normalized spacial score (nSPS) is 15.2. The van der Waals surface area contributed by atoms with Crippen LogP contribution in [0.1, 0.15) is 11.1 Å². The summed E-state index contributed by atoms with van der Waals surface area (Å²) in [7, 11) is 0. The Bertz CT molecular complexity index is 580. The third kappa shape index (κ3) is 2.52. The lowest BCUT2D eigenvalue weighted by Gasteiger charge is -2.16. The fraction of sp³-hybridized carbons (Fsp3) is 0.231. The van der Waals surface area contributed by atoms with E-state index in [1.165, 1.54) is 12.1 Å². The van der Waals surface area contributed by atoms with Gasteiger partial charge in [0.05, 0.1) is 12.1 Å². The van der Waals surface area contributed by atoms with E-state index >= 15 is 0 Å². The van der Waals surface area contributed by atoms with Crippen molar-refractivity contribution in [3.63, 3.8) is 0 Å². The van der Waals surface area contributed by atoms with Crippen molar-refractivity contribution in [3.8, 4) is 0 Å². The number of ether oxygens (including phenoxy) is 1. The SMILES string of the molecule is C=C(C(=O)N1CCOC1=O)c1ccccc1C(F)(F)F. The summed E-state index contributed by atoms with van der Waals surface area (Å²) >= 11 is 0. The molecule has 0 radical (unpaired) electrons. The quantitative estimate of drug-likeness (QED) is 0.785. The number of rotatable bonds is 2. The number of amides is 2. The summed E-state index contributed by atoms with van der Waals surface area (Å²) in [6.45, 7) is 3.41. The van der Waals surface area contributed by atoms with Gasteiger partial charge in [0, 0.05) is 5.57 Å². The molecule has 1 aliphatic rings. The fourth-order valence-electron chi connectivity index (χ4n) is 1.85. The Morgan fingerprint density at radius 2 is 1.95 bits per heavy atom. The second kappa shape index (κ2) is 4.99. The predicted molar refractivity (Wildman–Crippen MR) is 63.5 cm³/mol. The van der Waals surface area contributed by atoms with Crippen LogP contribution in [0.25, 0.3) is 5.57 Å². The zero-order valence-electron chi connectivity index (χ0n) is 10.2. The summed E-state index contributed by atoms with van der Waals surface area (Å²) < 4.78 is 43.2. The molecule has 1 aromatic carbocycles. The second-order valence-electron chi connectivity index (χ2n) is 4.09. The lowest BCUT2D eigenvalue weighted by molar-refractivity contribution is -0.137. The second-order valence-corrected chi connectivity index (χ2v) is 4.09. The third-order valence-electron chi connectivity index (χ3n) is 2.82. The molecular formula is C13H10F3NO3. The standard InChI is InChI=1S/C13H10F3NO3/c1-8(11(18)17-6-7-20-12(17)19)9-4-2-3-5-10(9)13(14,15)16/h2-5H,1,6-7H2. The molecule has 4 nitrogen and oxygen atoms in total. The molecule has 0 aliphatic carbocycles. The highest BCUT2D eigenvalue weighted by Crippen LogP contribution is 2.35. The van der Waals surface area contributed by atoms with Crippen LogP contribution in [0.15, 0.2) is 30.8 Å². The number of hydrogen-bond donors (Lipinski definition) is 0. The van der Waals surface area contributed by atoms with Gasteiger partial charge >= 0.3 is 12.3 Å². The van der Waals surface area contributed by atoms with Gasteiger partial charge in [0.2, 0.25) is 0 Å². The van der Waals surface area contributed by atoms with E-state index in [4.69, 9.17) is 0 Å². The van der Waals surface area contributed by atoms with Crippen LogP contribution in [0, 0.1) is 0 Å². The monoisotopic (exact) mass is 285 g/mol. The van der Waals surface area contributed by atoms with Crippen molar-refractivity contribution in [3.05, 3.63) is 42.0 Å². The van der Waals surface area contributed by atoms with Crippen LogP contribution < -0.4 is 0 Å². The smallest absolute Gasteiger partial charge is 0.417 e. The van der Waals surface area contributed by atoms with Gasteiger partial charge in [-0.15, -0.1) is 0 Å². The minimum atomic E-state index is -4.61. The van der Waals surface area contributed by atoms with Gasteiger partial charge in [0.1, 0.15) is 6.61 Å². The van der Waals surface area contributed by atoms with Crippen LogP contribution in [-0.2, 0) is 15.7 Å². The average Bonchev–Trinajstić information content (AvgIpc) is 2.82. The number of alkyl halides is 3. The average molecular weight is 285 g/mol. The lowest BCUT2D eigenvalue weighted by atomic mass is 9.99. The highest BCUT2D eigenvalue weighted by Gasteiger charge is 2.36. The maximum absolute atomic E-state index is 12.9. The molecule has 0 atom stereocenters. The topological polar surface area (TPSA) is 46.6 Å². The highest BCUT2D eigenvalue weighted by molar-refractivity contribution is 6.22. The zero-order valence-corrected chi connectivity index (χ0v) is 10.2. The van der Waals surface area contributed by atoms with Gasteiger partial charge in [-0.1, -0.05) is 24.8 Å². The van der Waals surface area contributed by atoms with E-state index in [1.807, 2.05) is 0 Å². The number of halogens is 3. The molecule has 1 aromatic rings. The van der Waals surface area contributed by atoms with Crippen molar-refractivity contribution in [1.29, 1.82) is 0 Å². The number of cyclic esters (lactones) is 1. The summed E-state index contributed by atoms with van der Waals surface area (Å²) in [5.41, 5.74) is -1.70. The first-order valence-corrected chi connectivity index (χ1v) is 5.66. The van der Waals surface area contributed by atoms with Crippen molar-refractivity contribution >= 4 is 17.6 Å². The molecule has 106 valence electrons. The number of imide groups is 1. The molecule has 7 heteroatoms. The van der Waals surface area contributed by atoms with Crippen molar-refractivity contribution in [1.82, 2.24) is 4.90 Å². The molecule has 0 spiro atoms. The molecule has 0 N–H and O–H groups in total. The highest BCUT2D eigenvalue weighted by atomic mass is 19.4. The summed E-state index contributed by atoms with van der Waals surface area (Å²) in [4.78, 5) is 24.0. The van der Waals surface area contributed by atoms with Crippen molar-refractivity contribution < 1.29 is 27.5 Å². The van der Waals surface area contributed by atoms with Gasteiger partial charge in [0.15, 0.2) is 0 Å². The Morgan fingerprint density at radius 3 is 2.50 bits per heavy atom. The van der Waals surface area contributed by atoms with Crippen LogP contribution >= 0.6 is 0 Å². The van der Waals surface area contributed by atoms with Crippen molar-refractivity contribution in [2.75, 3.05) is 13.2 Å². The Labute approximate surface area is 112 Å². The van der Waals surface area contributed by atoms with Crippen LogP contribution in [0.2, 0.25) is 0 Å². The van der Waals surface area contributed by atoms with Crippen LogP contribution in [0.5, 0.6) is 0 Å². The molecule has 0 bridgehead atoms. The molecule has 1 heterocycles. The van der Waals surface area contributed by atoms with Gasteiger partial charge in [-0.25, -0.2) is 9.69 Å². The van der Waals surface area contributed by atoms with E-state index in [9.17, 15) is 22.8 Å². The number of benzene rings is 1. The van der Waals surface area contributed by atoms with E-state index < -0.39 is 29.3 Å². The molecule has 0 saturated carbocycles. The minimum Gasteiger partial charge on any atom is -0.447 e. The number of carbonyl (C=O) groups excluding carboxylic acids is 2. The third-order valence-corrected chi connectivity index (χ3v) is 2.82. The van der Waals surface area contributed by atoms with Crippen LogP contribution in [0.4, 0.5) is 18.0 Å².